The SMILES string of the molecule is CCOc1ccc(Br)cc1C(O)C1CC1(C)C. The number of ether oxygens (including phenoxy) is 1. The average Bonchev–Trinajstić information content (AvgIpc) is 2.90. The number of rotatable bonds is 4. The number of aliphatic hydroxyl groups excluding tert-OH is 1. The summed E-state index contributed by atoms with van der Waals surface area (Å²) in [6.07, 6.45) is 0.649. The first-order chi connectivity index (χ1) is 7.95. The zero-order valence-electron chi connectivity index (χ0n) is 10.5. The summed E-state index contributed by atoms with van der Waals surface area (Å²) in [6, 6.07) is 5.82. The van der Waals surface area contributed by atoms with Crippen LogP contribution in [-0.4, -0.2) is 11.7 Å². The van der Waals surface area contributed by atoms with Crippen molar-refractivity contribution in [3.8, 4) is 5.75 Å². The van der Waals surface area contributed by atoms with Crippen molar-refractivity contribution in [1.82, 2.24) is 0 Å². The first kappa shape index (κ1) is 12.9. The second-order valence-electron chi connectivity index (χ2n) is 5.36. The lowest BCUT2D eigenvalue weighted by atomic mass is 9.99. The largest absolute Gasteiger partial charge is 0.493 e. The molecule has 17 heavy (non-hydrogen) atoms. The zero-order chi connectivity index (χ0) is 12.6. The van der Waals surface area contributed by atoms with Gasteiger partial charge in [0.15, 0.2) is 0 Å². The molecule has 0 saturated heterocycles. The van der Waals surface area contributed by atoms with Crippen molar-refractivity contribution in [2.75, 3.05) is 6.61 Å². The Balaban J connectivity index is 2.26. The molecule has 0 radical (unpaired) electrons. The topological polar surface area (TPSA) is 29.5 Å². The molecule has 94 valence electrons. The van der Waals surface area contributed by atoms with E-state index in [1.54, 1.807) is 0 Å². The van der Waals surface area contributed by atoms with Crippen molar-refractivity contribution in [2.24, 2.45) is 11.3 Å². The molecule has 1 N–H and O–H groups in total. The molecule has 3 heteroatoms. The maximum absolute atomic E-state index is 10.4. The van der Waals surface area contributed by atoms with E-state index in [0.717, 1.165) is 22.2 Å². The molecule has 1 aliphatic rings. The fourth-order valence-electron chi connectivity index (χ4n) is 2.30. The Hall–Kier alpha value is -0.540. The van der Waals surface area contributed by atoms with Crippen LogP contribution in [0.5, 0.6) is 5.75 Å². The highest BCUT2D eigenvalue weighted by atomic mass is 79.9. The van der Waals surface area contributed by atoms with Crippen LogP contribution >= 0.6 is 15.9 Å². The summed E-state index contributed by atoms with van der Waals surface area (Å²) in [4.78, 5) is 0. The van der Waals surface area contributed by atoms with Crippen LogP contribution in [0.2, 0.25) is 0 Å². The summed E-state index contributed by atoms with van der Waals surface area (Å²) in [5.74, 6) is 1.14. The minimum atomic E-state index is -0.427. The van der Waals surface area contributed by atoms with Gasteiger partial charge in [-0.2, -0.15) is 0 Å². The first-order valence-electron chi connectivity index (χ1n) is 6.06. The van der Waals surface area contributed by atoms with Gasteiger partial charge >= 0.3 is 0 Å². The van der Waals surface area contributed by atoms with E-state index in [-0.39, 0.29) is 5.41 Å². The molecule has 1 aromatic carbocycles. The van der Waals surface area contributed by atoms with E-state index < -0.39 is 6.10 Å². The van der Waals surface area contributed by atoms with E-state index in [2.05, 4.69) is 29.8 Å². The summed E-state index contributed by atoms with van der Waals surface area (Å²) in [5.41, 5.74) is 1.15. The van der Waals surface area contributed by atoms with Crippen LogP contribution in [0.3, 0.4) is 0 Å². The van der Waals surface area contributed by atoms with Crippen molar-refractivity contribution in [1.29, 1.82) is 0 Å². The molecule has 2 rings (SSSR count). The monoisotopic (exact) mass is 298 g/mol. The van der Waals surface area contributed by atoms with Crippen LogP contribution < -0.4 is 4.74 Å². The van der Waals surface area contributed by atoms with Crippen molar-refractivity contribution >= 4 is 15.9 Å². The van der Waals surface area contributed by atoms with Crippen molar-refractivity contribution in [3.63, 3.8) is 0 Å². The van der Waals surface area contributed by atoms with E-state index in [0.29, 0.717) is 12.5 Å². The Bertz CT molecular complexity index is 415. The van der Waals surface area contributed by atoms with Crippen LogP contribution in [0.4, 0.5) is 0 Å². The van der Waals surface area contributed by atoms with Gasteiger partial charge in [-0.15, -0.1) is 0 Å². The third-order valence-corrected chi connectivity index (χ3v) is 4.05. The molecule has 0 spiro atoms. The Morgan fingerprint density at radius 3 is 2.71 bits per heavy atom. The summed E-state index contributed by atoms with van der Waals surface area (Å²) in [6.45, 7) is 6.97. The predicted octanol–water partition coefficient (Wildman–Crippen LogP) is 3.93. The lowest BCUT2D eigenvalue weighted by Crippen LogP contribution is -2.07. The van der Waals surface area contributed by atoms with Crippen LogP contribution in [0, 0.1) is 11.3 Å². The molecule has 0 aliphatic heterocycles. The number of benzene rings is 1. The highest BCUT2D eigenvalue weighted by Crippen LogP contribution is 2.58. The molecule has 1 saturated carbocycles. The van der Waals surface area contributed by atoms with Crippen molar-refractivity contribution in [2.45, 2.75) is 33.3 Å². The van der Waals surface area contributed by atoms with E-state index in [4.69, 9.17) is 4.74 Å². The lowest BCUT2D eigenvalue weighted by Gasteiger charge is -2.17. The Labute approximate surface area is 111 Å². The Morgan fingerprint density at radius 2 is 2.18 bits per heavy atom. The number of aliphatic hydroxyl groups is 1. The third-order valence-electron chi connectivity index (χ3n) is 3.56. The summed E-state index contributed by atoms with van der Waals surface area (Å²) < 4.78 is 6.56. The smallest absolute Gasteiger partial charge is 0.125 e. The quantitative estimate of drug-likeness (QED) is 0.913. The van der Waals surface area contributed by atoms with Gasteiger partial charge in [0.05, 0.1) is 12.7 Å². The molecule has 2 unspecified atom stereocenters. The van der Waals surface area contributed by atoms with Crippen LogP contribution in [0.25, 0.3) is 0 Å². The average molecular weight is 299 g/mol. The van der Waals surface area contributed by atoms with Gasteiger partial charge in [-0.25, -0.2) is 0 Å². The van der Waals surface area contributed by atoms with Crippen molar-refractivity contribution < 1.29 is 9.84 Å². The molecule has 0 heterocycles. The molecule has 1 fully saturated rings. The van der Waals surface area contributed by atoms with Gasteiger partial charge < -0.3 is 9.84 Å². The maximum Gasteiger partial charge on any atom is 0.125 e. The summed E-state index contributed by atoms with van der Waals surface area (Å²) >= 11 is 3.45. The standard InChI is InChI=1S/C14H19BrO2/c1-4-17-12-6-5-9(15)7-10(12)13(16)11-8-14(11,2)3/h5-7,11,13,16H,4,8H2,1-3H3. The van der Waals surface area contributed by atoms with E-state index in [1.807, 2.05) is 25.1 Å². The second kappa shape index (κ2) is 4.62. The highest BCUT2D eigenvalue weighted by Gasteiger charge is 2.50. The van der Waals surface area contributed by atoms with Crippen LogP contribution in [0.15, 0.2) is 22.7 Å². The Kier molecular flexibility index (Phi) is 3.50. The minimum Gasteiger partial charge on any atom is -0.493 e. The first-order valence-corrected chi connectivity index (χ1v) is 6.85. The van der Waals surface area contributed by atoms with Gasteiger partial charge in [0.25, 0.3) is 0 Å². The van der Waals surface area contributed by atoms with Gasteiger partial charge in [-0.3, -0.25) is 0 Å². The van der Waals surface area contributed by atoms with E-state index >= 15 is 0 Å². The van der Waals surface area contributed by atoms with Gasteiger partial charge in [0.1, 0.15) is 5.75 Å². The zero-order valence-corrected chi connectivity index (χ0v) is 12.1. The molecule has 1 aromatic rings. The number of halogens is 1. The molecule has 0 aromatic heterocycles. The number of hydrogen-bond acceptors (Lipinski definition) is 2. The van der Waals surface area contributed by atoms with Gasteiger partial charge in [-0.05, 0) is 42.9 Å². The van der Waals surface area contributed by atoms with Gasteiger partial charge in [0.2, 0.25) is 0 Å². The fourth-order valence-corrected chi connectivity index (χ4v) is 2.68. The van der Waals surface area contributed by atoms with Gasteiger partial charge in [-0.1, -0.05) is 29.8 Å². The highest BCUT2D eigenvalue weighted by molar-refractivity contribution is 9.10. The van der Waals surface area contributed by atoms with Crippen LogP contribution in [-0.2, 0) is 0 Å². The molecule has 2 atom stereocenters. The fraction of sp³-hybridized carbons (Fsp3) is 0.571. The van der Waals surface area contributed by atoms with E-state index in [1.165, 1.54) is 0 Å². The molecule has 2 nitrogen and oxygen atoms in total. The third kappa shape index (κ3) is 2.66. The normalized spacial score (nSPS) is 23.2. The van der Waals surface area contributed by atoms with Crippen LogP contribution in [0.1, 0.15) is 38.9 Å². The summed E-state index contributed by atoms with van der Waals surface area (Å²) in [5, 5.41) is 10.4. The second-order valence-corrected chi connectivity index (χ2v) is 6.27. The minimum absolute atomic E-state index is 0.255. The van der Waals surface area contributed by atoms with E-state index in [9.17, 15) is 5.11 Å². The molecular weight excluding hydrogens is 280 g/mol. The lowest BCUT2D eigenvalue weighted by molar-refractivity contribution is 0.134. The summed E-state index contributed by atoms with van der Waals surface area (Å²) in [7, 11) is 0. The molecular formula is C14H19BrO2. The van der Waals surface area contributed by atoms with Gasteiger partial charge in [0, 0.05) is 10.0 Å². The predicted molar refractivity (Wildman–Crippen MR) is 72.2 cm³/mol. The molecule has 0 amide bonds. The Morgan fingerprint density at radius 1 is 1.53 bits per heavy atom. The molecule has 1 aliphatic carbocycles. The maximum atomic E-state index is 10.4. The molecule has 0 bridgehead atoms. The number of hydrogen-bond donors (Lipinski definition) is 1. The van der Waals surface area contributed by atoms with Crippen molar-refractivity contribution in [3.05, 3.63) is 28.2 Å².